The van der Waals surface area contributed by atoms with E-state index in [2.05, 4.69) is 18.0 Å². The highest BCUT2D eigenvalue weighted by Gasteiger charge is 2.13. The number of thiophene rings is 1. The fourth-order valence-corrected chi connectivity index (χ4v) is 4.37. The average molecular weight is 355 g/mol. The molecule has 0 saturated carbocycles. The van der Waals surface area contributed by atoms with Crippen molar-refractivity contribution in [3.63, 3.8) is 0 Å². The van der Waals surface area contributed by atoms with Crippen LogP contribution in [0.5, 0.6) is 0 Å². The second-order valence-corrected chi connectivity index (χ2v) is 7.71. The van der Waals surface area contributed by atoms with E-state index in [0.717, 1.165) is 52.0 Å². The van der Waals surface area contributed by atoms with Gasteiger partial charge >= 0.3 is 0 Å². The summed E-state index contributed by atoms with van der Waals surface area (Å²) in [6.07, 6.45) is 4.29. The maximum absolute atomic E-state index is 13.9. The summed E-state index contributed by atoms with van der Waals surface area (Å²) in [5.41, 5.74) is 3.32. The van der Waals surface area contributed by atoms with Crippen molar-refractivity contribution in [1.82, 2.24) is 4.90 Å². The lowest BCUT2D eigenvalue weighted by Crippen LogP contribution is -2.26. The molecule has 1 aromatic heterocycles. The van der Waals surface area contributed by atoms with Crippen molar-refractivity contribution in [1.29, 1.82) is 0 Å². The summed E-state index contributed by atoms with van der Waals surface area (Å²) in [4.78, 5) is 3.29. The van der Waals surface area contributed by atoms with E-state index < -0.39 is 0 Å². The van der Waals surface area contributed by atoms with Crippen LogP contribution in [0.4, 0.5) is 8.78 Å². The van der Waals surface area contributed by atoms with Crippen LogP contribution in [0.15, 0.2) is 48.0 Å². The van der Waals surface area contributed by atoms with Crippen LogP contribution < -0.4 is 0 Å². The van der Waals surface area contributed by atoms with E-state index in [1.54, 1.807) is 23.5 Å². The van der Waals surface area contributed by atoms with Gasteiger partial charge in [-0.15, -0.1) is 11.3 Å². The van der Waals surface area contributed by atoms with Gasteiger partial charge in [-0.2, -0.15) is 0 Å². The number of benzene rings is 2. The van der Waals surface area contributed by atoms with E-state index in [0.29, 0.717) is 0 Å². The minimum atomic E-state index is -0.246. The lowest BCUT2D eigenvalue weighted by molar-refractivity contribution is 0.313. The van der Waals surface area contributed by atoms with Crippen molar-refractivity contribution in [2.45, 2.75) is 12.8 Å². The summed E-state index contributed by atoms with van der Waals surface area (Å²) in [7, 11) is 2.14. The standard InChI is InChI=1S/C21H19F2NS/c1-24-8-6-14(7-9-24)10-15-2-3-18(23)13-19(15)21-12-16-11-17(22)4-5-20(16)25-21/h2-5,10-13H,6-9H2,1H3. The first kappa shape index (κ1) is 16.4. The number of hydrogen-bond acceptors (Lipinski definition) is 2. The summed E-state index contributed by atoms with van der Waals surface area (Å²) < 4.78 is 28.4. The second-order valence-electron chi connectivity index (χ2n) is 6.63. The molecule has 0 aliphatic carbocycles. The predicted molar refractivity (Wildman–Crippen MR) is 102 cm³/mol. The molecule has 0 unspecified atom stereocenters. The fraction of sp³-hybridized carbons (Fsp3) is 0.238. The Morgan fingerprint density at radius 1 is 0.960 bits per heavy atom. The van der Waals surface area contributed by atoms with Crippen LogP contribution in [0.3, 0.4) is 0 Å². The Labute approximate surface area is 150 Å². The Hall–Kier alpha value is -2.04. The molecule has 4 heteroatoms. The Bertz CT molecular complexity index is 948. The van der Waals surface area contributed by atoms with Gasteiger partial charge in [-0.3, -0.25) is 0 Å². The van der Waals surface area contributed by atoms with Crippen LogP contribution in [0.1, 0.15) is 18.4 Å². The van der Waals surface area contributed by atoms with Gasteiger partial charge in [0.25, 0.3) is 0 Å². The highest BCUT2D eigenvalue weighted by atomic mass is 32.1. The first-order valence-corrected chi connectivity index (χ1v) is 9.27. The van der Waals surface area contributed by atoms with E-state index in [9.17, 15) is 8.78 Å². The molecular weight excluding hydrogens is 336 g/mol. The molecule has 0 amide bonds. The number of likely N-dealkylation sites (tertiary alicyclic amines) is 1. The average Bonchev–Trinajstić information content (AvgIpc) is 3.01. The van der Waals surface area contributed by atoms with Gasteiger partial charge in [-0.05, 0) is 67.2 Å². The van der Waals surface area contributed by atoms with Gasteiger partial charge in [0.05, 0.1) is 0 Å². The number of piperidine rings is 1. The SMILES string of the molecule is CN1CCC(=Cc2ccc(F)cc2-c2cc3cc(F)ccc3s2)CC1. The Morgan fingerprint density at radius 3 is 2.48 bits per heavy atom. The molecule has 0 N–H and O–H groups in total. The molecule has 1 aliphatic heterocycles. The van der Waals surface area contributed by atoms with E-state index in [1.807, 2.05) is 12.1 Å². The third-order valence-electron chi connectivity index (χ3n) is 4.75. The zero-order chi connectivity index (χ0) is 17.4. The Morgan fingerprint density at radius 2 is 1.68 bits per heavy atom. The minimum Gasteiger partial charge on any atom is -0.306 e. The monoisotopic (exact) mass is 355 g/mol. The molecular formula is C21H19F2NS. The molecule has 2 heterocycles. The molecule has 128 valence electrons. The largest absolute Gasteiger partial charge is 0.306 e. The quantitative estimate of drug-likeness (QED) is 0.548. The normalized spacial score (nSPS) is 15.7. The van der Waals surface area contributed by atoms with Crippen LogP contribution >= 0.6 is 11.3 Å². The van der Waals surface area contributed by atoms with Crippen LogP contribution in [0, 0.1) is 11.6 Å². The summed E-state index contributed by atoms with van der Waals surface area (Å²) >= 11 is 1.57. The van der Waals surface area contributed by atoms with Gasteiger partial charge in [0.1, 0.15) is 11.6 Å². The van der Waals surface area contributed by atoms with E-state index in [1.165, 1.54) is 23.8 Å². The van der Waals surface area contributed by atoms with Gasteiger partial charge < -0.3 is 4.90 Å². The van der Waals surface area contributed by atoms with Crippen molar-refractivity contribution in [2.75, 3.05) is 20.1 Å². The highest BCUT2D eigenvalue weighted by Crippen LogP contribution is 2.37. The molecule has 25 heavy (non-hydrogen) atoms. The first-order valence-electron chi connectivity index (χ1n) is 8.45. The number of hydrogen-bond donors (Lipinski definition) is 0. The van der Waals surface area contributed by atoms with Crippen LogP contribution in [-0.2, 0) is 0 Å². The minimum absolute atomic E-state index is 0.246. The van der Waals surface area contributed by atoms with Crippen molar-refractivity contribution >= 4 is 27.5 Å². The van der Waals surface area contributed by atoms with Crippen molar-refractivity contribution in [3.8, 4) is 10.4 Å². The molecule has 1 nitrogen and oxygen atoms in total. The van der Waals surface area contributed by atoms with Gasteiger partial charge in [0.2, 0.25) is 0 Å². The van der Waals surface area contributed by atoms with Crippen LogP contribution in [0.25, 0.3) is 26.6 Å². The molecule has 0 radical (unpaired) electrons. The molecule has 0 bridgehead atoms. The zero-order valence-electron chi connectivity index (χ0n) is 14.1. The van der Waals surface area contributed by atoms with E-state index >= 15 is 0 Å². The van der Waals surface area contributed by atoms with Gasteiger partial charge in [0.15, 0.2) is 0 Å². The predicted octanol–water partition coefficient (Wildman–Crippen LogP) is 5.96. The van der Waals surface area contributed by atoms with Crippen LogP contribution in [-0.4, -0.2) is 25.0 Å². The fourth-order valence-electron chi connectivity index (χ4n) is 3.28. The van der Waals surface area contributed by atoms with Gasteiger partial charge in [-0.25, -0.2) is 8.78 Å². The summed E-state index contributed by atoms with van der Waals surface area (Å²) in [5.74, 6) is -0.492. The molecule has 3 aromatic rings. The molecule has 0 spiro atoms. The summed E-state index contributed by atoms with van der Waals surface area (Å²) in [5, 5.41) is 0.863. The number of halogens is 2. The lowest BCUT2D eigenvalue weighted by atomic mass is 9.98. The van der Waals surface area contributed by atoms with E-state index in [4.69, 9.17) is 0 Å². The third kappa shape index (κ3) is 3.51. The summed E-state index contributed by atoms with van der Waals surface area (Å²) in [6.45, 7) is 2.12. The smallest absolute Gasteiger partial charge is 0.123 e. The van der Waals surface area contributed by atoms with Crippen molar-refractivity contribution in [3.05, 3.63) is 65.2 Å². The van der Waals surface area contributed by atoms with Gasteiger partial charge in [-0.1, -0.05) is 17.7 Å². The molecule has 1 fully saturated rings. The van der Waals surface area contributed by atoms with Crippen molar-refractivity contribution in [2.24, 2.45) is 0 Å². The first-order chi connectivity index (χ1) is 12.1. The molecule has 1 aliphatic rings. The highest BCUT2D eigenvalue weighted by molar-refractivity contribution is 7.22. The zero-order valence-corrected chi connectivity index (χ0v) is 14.9. The Balaban J connectivity index is 1.77. The maximum atomic E-state index is 13.9. The summed E-state index contributed by atoms with van der Waals surface area (Å²) in [6, 6.07) is 11.7. The molecule has 2 aromatic carbocycles. The maximum Gasteiger partial charge on any atom is 0.123 e. The van der Waals surface area contributed by atoms with Gasteiger partial charge in [0, 0.05) is 28.2 Å². The molecule has 4 rings (SSSR count). The van der Waals surface area contributed by atoms with E-state index in [-0.39, 0.29) is 11.6 Å². The Kier molecular flexibility index (Phi) is 4.40. The third-order valence-corrected chi connectivity index (χ3v) is 5.90. The molecule has 1 saturated heterocycles. The number of rotatable bonds is 2. The lowest BCUT2D eigenvalue weighted by Gasteiger charge is -2.24. The van der Waals surface area contributed by atoms with Crippen molar-refractivity contribution < 1.29 is 8.78 Å². The molecule has 0 atom stereocenters. The van der Waals surface area contributed by atoms with Crippen LogP contribution in [0.2, 0.25) is 0 Å². The second kappa shape index (κ2) is 6.70. The number of nitrogens with zero attached hydrogens (tertiary/aromatic N) is 1. The number of fused-ring (bicyclic) bond motifs is 1. The topological polar surface area (TPSA) is 3.24 Å².